The zero-order valence-electron chi connectivity index (χ0n) is 12.1. The highest BCUT2D eigenvalue weighted by Crippen LogP contribution is 1.99. The van der Waals surface area contributed by atoms with Crippen LogP contribution in [0.3, 0.4) is 0 Å². The van der Waals surface area contributed by atoms with Gasteiger partial charge in [0.2, 0.25) is 11.8 Å². The van der Waals surface area contributed by atoms with Gasteiger partial charge in [0.25, 0.3) is 0 Å². The minimum atomic E-state index is 0.0916. The molecule has 0 bridgehead atoms. The Hall–Kier alpha value is -1.06. The van der Waals surface area contributed by atoms with Gasteiger partial charge in [-0.2, -0.15) is 0 Å². The van der Waals surface area contributed by atoms with Gasteiger partial charge in [0.1, 0.15) is 0 Å². The fourth-order valence-electron chi connectivity index (χ4n) is 1.74. The minimum Gasteiger partial charge on any atom is -0.354 e. The Morgan fingerprint density at radius 1 is 1.00 bits per heavy atom. The standard InChI is InChI=1S/C14H28N2O2/c1-4-6-8-11-16(13(3)17)12-10-15-14(18)9-7-5-2/h4-12H2,1-3H3,(H,15,18). The van der Waals surface area contributed by atoms with Crippen molar-refractivity contribution in [2.75, 3.05) is 19.6 Å². The average molecular weight is 256 g/mol. The maximum Gasteiger partial charge on any atom is 0.220 e. The molecule has 0 fully saturated rings. The van der Waals surface area contributed by atoms with E-state index in [1.54, 1.807) is 6.92 Å². The molecule has 0 atom stereocenters. The lowest BCUT2D eigenvalue weighted by Gasteiger charge is -2.21. The Bertz CT molecular complexity index is 240. The number of nitrogens with zero attached hydrogens (tertiary/aromatic N) is 1. The van der Waals surface area contributed by atoms with Crippen LogP contribution in [0.25, 0.3) is 0 Å². The predicted molar refractivity (Wildman–Crippen MR) is 74.3 cm³/mol. The van der Waals surface area contributed by atoms with Gasteiger partial charge in [-0.05, 0) is 12.8 Å². The first-order valence-corrected chi connectivity index (χ1v) is 7.14. The molecule has 4 heteroatoms. The molecule has 18 heavy (non-hydrogen) atoms. The maximum absolute atomic E-state index is 11.4. The highest BCUT2D eigenvalue weighted by Gasteiger charge is 2.08. The molecule has 0 spiro atoms. The van der Waals surface area contributed by atoms with Crippen LogP contribution in [0.1, 0.15) is 59.3 Å². The Labute approximate surface area is 111 Å². The molecule has 0 aromatic heterocycles. The highest BCUT2D eigenvalue weighted by molar-refractivity contribution is 5.76. The van der Waals surface area contributed by atoms with E-state index < -0.39 is 0 Å². The number of rotatable bonds is 10. The van der Waals surface area contributed by atoms with Gasteiger partial charge in [0.15, 0.2) is 0 Å². The van der Waals surface area contributed by atoms with E-state index in [1.807, 2.05) is 4.90 Å². The molecule has 0 saturated carbocycles. The van der Waals surface area contributed by atoms with Gasteiger partial charge in [-0.25, -0.2) is 0 Å². The van der Waals surface area contributed by atoms with Crippen molar-refractivity contribution in [3.63, 3.8) is 0 Å². The van der Waals surface area contributed by atoms with Crippen molar-refractivity contribution in [2.24, 2.45) is 0 Å². The molecule has 4 nitrogen and oxygen atoms in total. The molecule has 0 heterocycles. The Balaban J connectivity index is 3.76. The van der Waals surface area contributed by atoms with Gasteiger partial charge in [0.05, 0.1) is 0 Å². The molecule has 0 radical (unpaired) electrons. The van der Waals surface area contributed by atoms with Gasteiger partial charge < -0.3 is 10.2 Å². The number of carbonyl (C=O) groups excluding carboxylic acids is 2. The van der Waals surface area contributed by atoms with E-state index in [9.17, 15) is 9.59 Å². The molecular formula is C14H28N2O2. The van der Waals surface area contributed by atoms with E-state index in [-0.39, 0.29) is 11.8 Å². The van der Waals surface area contributed by atoms with Crippen LogP contribution in [-0.2, 0) is 9.59 Å². The molecule has 0 rings (SSSR count). The SMILES string of the molecule is CCCCCN(CCNC(=O)CCCC)C(C)=O. The Morgan fingerprint density at radius 3 is 2.22 bits per heavy atom. The second-order valence-electron chi connectivity index (χ2n) is 4.67. The zero-order chi connectivity index (χ0) is 13.8. The molecule has 0 aliphatic rings. The molecule has 2 amide bonds. The van der Waals surface area contributed by atoms with Crippen molar-refractivity contribution in [3.8, 4) is 0 Å². The molecule has 0 unspecified atom stereocenters. The third-order valence-corrected chi connectivity index (χ3v) is 2.94. The topological polar surface area (TPSA) is 49.4 Å². The van der Waals surface area contributed by atoms with E-state index in [4.69, 9.17) is 0 Å². The highest BCUT2D eigenvalue weighted by atomic mass is 16.2. The summed E-state index contributed by atoms with van der Waals surface area (Å²) >= 11 is 0. The van der Waals surface area contributed by atoms with E-state index >= 15 is 0 Å². The van der Waals surface area contributed by atoms with Crippen LogP contribution in [0.15, 0.2) is 0 Å². The second-order valence-corrected chi connectivity index (χ2v) is 4.67. The lowest BCUT2D eigenvalue weighted by molar-refractivity contribution is -0.129. The Kier molecular flexibility index (Phi) is 10.4. The maximum atomic E-state index is 11.4. The second kappa shape index (κ2) is 11.1. The summed E-state index contributed by atoms with van der Waals surface area (Å²) in [5, 5.41) is 2.86. The number of unbranched alkanes of at least 4 members (excludes halogenated alkanes) is 3. The molecule has 0 aliphatic carbocycles. The van der Waals surface area contributed by atoms with Crippen LogP contribution in [-0.4, -0.2) is 36.3 Å². The molecule has 1 N–H and O–H groups in total. The normalized spacial score (nSPS) is 10.2. The summed E-state index contributed by atoms with van der Waals surface area (Å²) in [4.78, 5) is 24.6. The number of hydrogen-bond donors (Lipinski definition) is 1. The first-order valence-electron chi connectivity index (χ1n) is 7.14. The summed E-state index contributed by atoms with van der Waals surface area (Å²) in [6.45, 7) is 7.79. The first kappa shape index (κ1) is 16.9. The van der Waals surface area contributed by atoms with E-state index in [1.165, 1.54) is 0 Å². The van der Waals surface area contributed by atoms with Crippen LogP contribution >= 0.6 is 0 Å². The predicted octanol–water partition coefficient (Wildman–Crippen LogP) is 2.33. The van der Waals surface area contributed by atoms with Crippen molar-refractivity contribution in [1.29, 1.82) is 0 Å². The number of carbonyl (C=O) groups is 2. The third-order valence-electron chi connectivity index (χ3n) is 2.94. The van der Waals surface area contributed by atoms with Gasteiger partial charge in [-0.1, -0.05) is 33.1 Å². The minimum absolute atomic E-state index is 0.0916. The van der Waals surface area contributed by atoms with Crippen LogP contribution in [0.2, 0.25) is 0 Å². The summed E-state index contributed by atoms with van der Waals surface area (Å²) in [5.41, 5.74) is 0. The first-order chi connectivity index (χ1) is 8.61. The van der Waals surface area contributed by atoms with Gasteiger partial charge >= 0.3 is 0 Å². The smallest absolute Gasteiger partial charge is 0.220 e. The molecule has 0 aromatic carbocycles. The zero-order valence-corrected chi connectivity index (χ0v) is 12.1. The average Bonchev–Trinajstić information content (AvgIpc) is 2.34. The van der Waals surface area contributed by atoms with E-state index in [0.717, 1.165) is 38.6 Å². The van der Waals surface area contributed by atoms with Crippen molar-refractivity contribution >= 4 is 11.8 Å². The van der Waals surface area contributed by atoms with Crippen LogP contribution in [0.4, 0.5) is 0 Å². The number of nitrogens with one attached hydrogen (secondary N) is 1. The van der Waals surface area contributed by atoms with Gasteiger partial charge in [-0.3, -0.25) is 9.59 Å². The lowest BCUT2D eigenvalue weighted by atomic mass is 10.2. The summed E-state index contributed by atoms with van der Waals surface area (Å²) in [6, 6.07) is 0. The summed E-state index contributed by atoms with van der Waals surface area (Å²) in [6.07, 6.45) is 5.89. The summed E-state index contributed by atoms with van der Waals surface area (Å²) in [7, 11) is 0. The largest absolute Gasteiger partial charge is 0.354 e. The van der Waals surface area contributed by atoms with Crippen LogP contribution in [0.5, 0.6) is 0 Å². The van der Waals surface area contributed by atoms with E-state index in [2.05, 4.69) is 19.2 Å². The van der Waals surface area contributed by atoms with Gasteiger partial charge in [-0.15, -0.1) is 0 Å². The van der Waals surface area contributed by atoms with Crippen molar-refractivity contribution in [3.05, 3.63) is 0 Å². The van der Waals surface area contributed by atoms with Crippen molar-refractivity contribution in [2.45, 2.75) is 59.3 Å². The molecule has 106 valence electrons. The molecule has 0 aliphatic heterocycles. The van der Waals surface area contributed by atoms with Crippen molar-refractivity contribution in [1.82, 2.24) is 10.2 Å². The monoisotopic (exact) mass is 256 g/mol. The molecule has 0 aromatic rings. The molecule has 0 saturated heterocycles. The summed E-state index contributed by atoms with van der Waals surface area (Å²) in [5.74, 6) is 0.183. The van der Waals surface area contributed by atoms with Crippen LogP contribution < -0.4 is 5.32 Å². The lowest BCUT2D eigenvalue weighted by Crippen LogP contribution is -2.38. The molecular weight excluding hydrogens is 228 g/mol. The fraction of sp³-hybridized carbons (Fsp3) is 0.857. The Morgan fingerprint density at radius 2 is 1.67 bits per heavy atom. The van der Waals surface area contributed by atoms with Crippen LogP contribution in [0, 0.1) is 0 Å². The van der Waals surface area contributed by atoms with Crippen molar-refractivity contribution < 1.29 is 9.59 Å². The van der Waals surface area contributed by atoms with Gasteiger partial charge in [0, 0.05) is 33.0 Å². The third kappa shape index (κ3) is 9.02. The fourth-order valence-corrected chi connectivity index (χ4v) is 1.74. The number of hydrogen-bond acceptors (Lipinski definition) is 2. The quantitative estimate of drug-likeness (QED) is 0.610. The number of amides is 2. The van der Waals surface area contributed by atoms with E-state index in [0.29, 0.717) is 19.5 Å². The summed E-state index contributed by atoms with van der Waals surface area (Å²) < 4.78 is 0.